The van der Waals surface area contributed by atoms with Gasteiger partial charge in [0.2, 0.25) is 5.78 Å². The molecule has 0 fully saturated rings. The van der Waals surface area contributed by atoms with Crippen LogP contribution < -0.4 is 4.74 Å². The molecule has 29 heavy (non-hydrogen) atoms. The van der Waals surface area contributed by atoms with Gasteiger partial charge < -0.3 is 14.0 Å². The molecule has 0 spiro atoms. The molecule has 7 heteroatoms. The predicted molar refractivity (Wildman–Crippen MR) is 112 cm³/mol. The molecule has 3 aromatic rings. The first kappa shape index (κ1) is 20.6. The normalized spacial score (nSPS) is 11.6. The molecule has 0 saturated heterocycles. The highest BCUT2D eigenvalue weighted by Gasteiger charge is 2.20. The number of fused-ring (bicyclic) bond motifs is 1. The molecule has 0 aliphatic rings. The van der Waals surface area contributed by atoms with Gasteiger partial charge in [-0.25, -0.2) is 4.79 Å². The van der Waals surface area contributed by atoms with E-state index in [1.165, 1.54) is 0 Å². The van der Waals surface area contributed by atoms with E-state index in [-0.39, 0.29) is 12.4 Å². The van der Waals surface area contributed by atoms with Crippen LogP contribution in [-0.2, 0) is 16.1 Å². The van der Waals surface area contributed by atoms with E-state index in [1.54, 1.807) is 37.4 Å². The van der Waals surface area contributed by atoms with Gasteiger partial charge >= 0.3 is 5.97 Å². The summed E-state index contributed by atoms with van der Waals surface area (Å²) in [7, 11) is 0. The number of nitriles is 1. The molecule has 2 aromatic carbocycles. The van der Waals surface area contributed by atoms with E-state index in [1.807, 2.05) is 28.8 Å². The number of hydrogen-bond acceptors (Lipinski definition) is 5. The van der Waals surface area contributed by atoms with Crippen LogP contribution in [0.25, 0.3) is 10.9 Å². The van der Waals surface area contributed by atoms with Gasteiger partial charge in [-0.05, 0) is 37.3 Å². The van der Waals surface area contributed by atoms with E-state index in [0.29, 0.717) is 24.3 Å². The Morgan fingerprint density at radius 1 is 1.17 bits per heavy atom. The molecule has 6 nitrogen and oxygen atoms in total. The zero-order valence-electron chi connectivity index (χ0n) is 15.8. The Labute approximate surface area is 176 Å². The van der Waals surface area contributed by atoms with Crippen LogP contribution in [0.5, 0.6) is 5.75 Å². The molecule has 0 radical (unpaired) electrons. The van der Waals surface area contributed by atoms with Crippen molar-refractivity contribution < 1.29 is 19.1 Å². The molecule has 148 valence electrons. The molecule has 0 bridgehead atoms. The Morgan fingerprint density at radius 2 is 1.90 bits per heavy atom. The van der Waals surface area contributed by atoms with E-state index < -0.39 is 12.1 Å². The minimum absolute atomic E-state index is 0.305. The Morgan fingerprint density at radius 3 is 2.62 bits per heavy atom. The minimum Gasteiger partial charge on any atom is -0.479 e. The van der Waals surface area contributed by atoms with E-state index >= 15 is 0 Å². The maximum atomic E-state index is 12.7. The first-order valence-corrected chi connectivity index (χ1v) is 9.86. The van der Waals surface area contributed by atoms with Crippen LogP contribution in [0.15, 0.2) is 59.2 Å². The summed E-state index contributed by atoms with van der Waals surface area (Å²) >= 11 is 3.33. The molecular formula is C22H19BrN2O4. The average Bonchev–Trinajstić information content (AvgIpc) is 3.10. The number of hydrogen-bond donors (Lipinski definition) is 0. The molecule has 0 amide bonds. The average molecular weight is 455 g/mol. The number of ketones is 1. The molecule has 0 saturated carbocycles. The van der Waals surface area contributed by atoms with Crippen molar-refractivity contribution >= 4 is 38.6 Å². The van der Waals surface area contributed by atoms with Gasteiger partial charge in [0.25, 0.3) is 0 Å². The van der Waals surface area contributed by atoms with Gasteiger partial charge in [-0.1, -0.05) is 34.1 Å². The molecule has 0 aliphatic carbocycles. The number of carbonyl (C=O) groups is 2. The van der Waals surface area contributed by atoms with Crippen LogP contribution in [0.3, 0.4) is 0 Å². The number of rotatable bonds is 8. The van der Waals surface area contributed by atoms with Gasteiger partial charge in [-0.2, -0.15) is 5.26 Å². The number of halogens is 1. The number of esters is 1. The number of nitrogens with zero attached hydrogens (tertiary/aromatic N) is 2. The van der Waals surface area contributed by atoms with Crippen molar-refractivity contribution in [2.24, 2.45) is 0 Å². The Balaban J connectivity index is 1.65. The first-order chi connectivity index (χ1) is 14.0. The largest absolute Gasteiger partial charge is 0.479 e. The zero-order valence-corrected chi connectivity index (χ0v) is 17.4. The summed E-state index contributed by atoms with van der Waals surface area (Å²) in [6, 6.07) is 16.6. The van der Waals surface area contributed by atoms with Crippen molar-refractivity contribution in [2.75, 3.05) is 6.61 Å². The van der Waals surface area contributed by atoms with Crippen molar-refractivity contribution in [2.45, 2.75) is 26.0 Å². The molecule has 3 rings (SSSR count). The third-order valence-corrected chi connectivity index (χ3v) is 4.89. The lowest BCUT2D eigenvalue weighted by molar-refractivity contribution is -0.149. The lowest BCUT2D eigenvalue weighted by Gasteiger charge is -2.13. The van der Waals surface area contributed by atoms with Gasteiger partial charge in [0, 0.05) is 33.7 Å². The van der Waals surface area contributed by atoms with Crippen molar-refractivity contribution in [3.8, 4) is 11.8 Å². The maximum absolute atomic E-state index is 12.7. The first-order valence-electron chi connectivity index (χ1n) is 9.06. The molecule has 1 heterocycles. The molecule has 0 N–H and O–H groups in total. The summed E-state index contributed by atoms with van der Waals surface area (Å²) in [5, 5.41) is 9.60. The molecule has 1 atom stereocenters. The fourth-order valence-corrected chi connectivity index (χ4v) is 3.19. The van der Waals surface area contributed by atoms with Gasteiger partial charge in [-0.3, -0.25) is 4.79 Å². The van der Waals surface area contributed by atoms with Crippen LogP contribution in [0.1, 0.15) is 23.7 Å². The highest BCUT2D eigenvalue weighted by molar-refractivity contribution is 9.10. The van der Waals surface area contributed by atoms with E-state index in [4.69, 9.17) is 14.7 Å². The van der Waals surface area contributed by atoms with Gasteiger partial charge in [-0.15, -0.1) is 0 Å². The third-order valence-electron chi connectivity index (χ3n) is 4.36. The quantitative estimate of drug-likeness (QED) is 0.369. The number of carbonyl (C=O) groups excluding carboxylic acids is 2. The Kier molecular flexibility index (Phi) is 6.68. The third kappa shape index (κ3) is 5.04. The Bertz CT molecular complexity index is 1070. The number of Topliss-reactive ketones (excluding diaryl/α,β-unsaturated/α-hetero) is 1. The minimum atomic E-state index is -0.846. The summed E-state index contributed by atoms with van der Waals surface area (Å²) in [6.45, 7) is 1.68. The number of para-hydroxylation sites is 1. The number of ether oxygens (including phenoxy) is 2. The summed E-state index contributed by atoms with van der Waals surface area (Å²) in [4.78, 5) is 24.9. The number of benzene rings is 2. The predicted octanol–water partition coefficient (Wildman–Crippen LogP) is 4.51. The highest BCUT2D eigenvalue weighted by atomic mass is 79.9. The molecule has 0 aliphatic heterocycles. The van der Waals surface area contributed by atoms with Gasteiger partial charge in [0.15, 0.2) is 12.7 Å². The zero-order chi connectivity index (χ0) is 20.8. The fourth-order valence-electron chi connectivity index (χ4n) is 2.92. The SMILES string of the molecule is CC(Oc1ccc(Br)cc1)C(=O)OCC(=O)c1cn(CCC#N)c2ccccc12. The smallest absolute Gasteiger partial charge is 0.347 e. The van der Waals surface area contributed by atoms with Crippen LogP contribution in [0, 0.1) is 11.3 Å². The van der Waals surface area contributed by atoms with Crippen molar-refractivity contribution in [3.63, 3.8) is 0 Å². The van der Waals surface area contributed by atoms with Crippen molar-refractivity contribution in [1.29, 1.82) is 5.26 Å². The number of aromatic nitrogens is 1. The van der Waals surface area contributed by atoms with E-state index in [0.717, 1.165) is 15.4 Å². The van der Waals surface area contributed by atoms with Gasteiger partial charge in [0.05, 0.1) is 12.5 Å². The molecular weight excluding hydrogens is 436 g/mol. The molecule has 1 unspecified atom stereocenters. The number of aryl methyl sites for hydroxylation is 1. The van der Waals surface area contributed by atoms with Gasteiger partial charge in [0.1, 0.15) is 5.75 Å². The summed E-state index contributed by atoms with van der Waals surface area (Å²) in [5.74, 6) is -0.389. The van der Waals surface area contributed by atoms with Crippen LogP contribution in [0.4, 0.5) is 0 Å². The fraction of sp³-hybridized carbons (Fsp3) is 0.227. The van der Waals surface area contributed by atoms with Crippen LogP contribution in [-0.4, -0.2) is 29.0 Å². The van der Waals surface area contributed by atoms with Crippen molar-refractivity contribution in [1.82, 2.24) is 4.57 Å². The topological polar surface area (TPSA) is 81.3 Å². The van der Waals surface area contributed by atoms with Crippen LogP contribution in [0.2, 0.25) is 0 Å². The lowest BCUT2D eigenvalue weighted by atomic mass is 10.1. The highest BCUT2D eigenvalue weighted by Crippen LogP contribution is 2.22. The second kappa shape index (κ2) is 9.39. The monoisotopic (exact) mass is 454 g/mol. The summed E-state index contributed by atoms with van der Waals surface area (Å²) in [6.07, 6.45) is 1.20. The second-order valence-electron chi connectivity index (χ2n) is 6.41. The molecule has 1 aromatic heterocycles. The summed E-state index contributed by atoms with van der Waals surface area (Å²) < 4.78 is 13.5. The van der Waals surface area contributed by atoms with Crippen molar-refractivity contribution in [3.05, 3.63) is 64.8 Å². The maximum Gasteiger partial charge on any atom is 0.347 e. The van der Waals surface area contributed by atoms with E-state index in [9.17, 15) is 9.59 Å². The lowest BCUT2D eigenvalue weighted by Crippen LogP contribution is -2.28. The second-order valence-corrected chi connectivity index (χ2v) is 7.32. The van der Waals surface area contributed by atoms with E-state index in [2.05, 4.69) is 22.0 Å². The Hall–Kier alpha value is -3.11. The van der Waals surface area contributed by atoms with Crippen LogP contribution >= 0.6 is 15.9 Å². The summed E-state index contributed by atoms with van der Waals surface area (Å²) in [5.41, 5.74) is 1.33. The standard InChI is InChI=1S/C22H19BrN2O4/c1-15(29-17-9-7-16(23)8-10-17)22(27)28-14-21(26)19-13-25(12-4-11-24)20-6-3-2-5-18(19)20/h2-3,5-10,13,15H,4,12,14H2,1H3.